The Morgan fingerprint density at radius 1 is 0.345 bits per heavy atom. The highest BCUT2D eigenvalue weighted by Gasteiger charge is 2.19. The van der Waals surface area contributed by atoms with Crippen molar-refractivity contribution in [3.8, 4) is 34.5 Å². The third kappa shape index (κ3) is 13.8. The number of aliphatic hydroxyl groups excluding tert-OH is 3. The Morgan fingerprint density at radius 3 is 0.833 bits per heavy atom. The zero-order chi connectivity index (χ0) is 61.3. The van der Waals surface area contributed by atoms with Crippen LogP contribution in [0.1, 0.15) is 112 Å². The quantitative estimate of drug-likeness (QED) is 0.0368. The number of phenols is 6. The Labute approximate surface area is 478 Å². The fourth-order valence-electron chi connectivity index (χ4n) is 9.83. The molecule has 0 aliphatic carbocycles. The van der Waals surface area contributed by atoms with Gasteiger partial charge in [-0.2, -0.15) is 0 Å². The first-order valence-electron chi connectivity index (χ1n) is 27.4. The van der Waals surface area contributed by atoms with Gasteiger partial charge in [-0.15, -0.1) is 0 Å². The van der Waals surface area contributed by atoms with Crippen LogP contribution in [0.4, 0.5) is 0 Å². The first-order valence-corrected chi connectivity index (χ1v) is 27.4. The first-order chi connectivity index (χ1) is 39.9. The van der Waals surface area contributed by atoms with E-state index in [1.165, 1.54) is 71.2 Å². The van der Waals surface area contributed by atoms with Crippen LogP contribution in [0, 0.1) is 0 Å². The first kappa shape index (κ1) is 62.4. The molecule has 0 radical (unpaired) electrons. The normalized spacial score (nSPS) is 12.5. The van der Waals surface area contributed by atoms with Crippen molar-refractivity contribution in [1.82, 2.24) is 56.1 Å². The lowest BCUT2D eigenvalue weighted by Crippen LogP contribution is -2.37. The Kier molecular flexibility index (Phi) is 20.2. The van der Waals surface area contributed by atoms with E-state index in [2.05, 4.69) is 15.0 Å². The number of aryl methyl sites for hydroxylation is 6. The summed E-state index contributed by atoms with van der Waals surface area (Å²) >= 11 is 0. The topological polar surface area (TPSA) is 368 Å². The van der Waals surface area contributed by atoms with Crippen molar-refractivity contribution in [2.24, 2.45) is 42.3 Å². The minimum atomic E-state index is -0.720. The smallest absolute Gasteiger partial charge is 0.332 e. The molecule has 0 saturated carbocycles. The molecule has 27 heteroatoms. The van der Waals surface area contributed by atoms with Crippen molar-refractivity contribution in [2.45, 2.75) is 115 Å². The van der Waals surface area contributed by atoms with Crippen molar-refractivity contribution < 1.29 is 46.0 Å². The average molecular weight is 1170 g/mol. The highest BCUT2D eigenvalue weighted by molar-refractivity contribution is 5.71. The number of imidazole rings is 3. The molecule has 27 nitrogen and oxygen atoms in total. The summed E-state index contributed by atoms with van der Waals surface area (Å²) in [6.45, 7) is 1.75. The predicted molar refractivity (Wildman–Crippen MR) is 310 cm³/mol. The fourth-order valence-corrected chi connectivity index (χ4v) is 9.83. The van der Waals surface area contributed by atoms with Crippen LogP contribution in [0.25, 0.3) is 33.5 Å². The average Bonchev–Trinajstić information content (AvgIpc) is 2.72. The predicted octanol–water partition coefficient (Wildman–Crippen LogP) is 3.42. The number of hydrogen-bond acceptors (Lipinski definition) is 18. The van der Waals surface area contributed by atoms with E-state index in [4.69, 9.17) is 0 Å². The summed E-state index contributed by atoms with van der Waals surface area (Å²) in [5.74, 6) is -1.40. The van der Waals surface area contributed by atoms with Crippen LogP contribution in [0.3, 0.4) is 0 Å². The van der Waals surface area contributed by atoms with E-state index in [0.29, 0.717) is 89.1 Å². The highest BCUT2D eigenvalue weighted by Crippen LogP contribution is 2.32. The molecule has 0 spiro atoms. The van der Waals surface area contributed by atoms with Gasteiger partial charge in [-0.25, -0.2) is 29.3 Å². The maximum absolute atomic E-state index is 12.4. The number of aromatic nitrogens is 12. The van der Waals surface area contributed by atoms with Crippen molar-refractivity contribution in [2.75, 3.05) is 0 Å². The van der Waals surface area contributed by atoms with Gasteiger partial charge in [-0.3, -0.25) is 41.8 Å². The van der Waals surface area contributed by atoms with Crippen LogP contribution < -0.4 is 33.7 Å². The SMILES string of the molecule is Cn1c(=O)c2c(ncn2CCCCCC(O)c2ccc(O)c(O)c2)n(C)c1=O.Cn1c(=O)c2c(ncn2CCCCC[C@@H](O)c2ccc(O)c(O)c2)n(C)c1=O.Cn1c(=O)c2c(ncn2CCCCC[C@H](O)c2ccc(O)c(O)c2)n(C)c1=O. The molecule has 0 saturated heterocycles. The zero-order valence-electron chi connectivity index (χ0n) is 47.6. The van der Waals surface area contributed by atoms with Gasteiger partial charge < -0.3 is 59.7 Å². The Bertz CT molecular complexity index is 3760. The number of aliphatic hydroxyl groups is 3. The molecule has 3 atom stereocenters. The van der Waals surface area contributed by atoms with Gasteiger partial charge in [0.25, 0.3) is 16.7 Å². The minimum absolute atomic E-state index is 0.216. The molecule has 6 heterocycles. The molecule has 84 heavy (non-hydrogen) atoms. The Morgan fingerprint density at radius 2 is 0.595 bits per heavy atom. The molecule has 6 aromatic heterocycles. The van der Waals surface area contributed by atoms with E-state index >= 15 is 0 Å². The van der Waals surface area contributed by atoms with Crippen molar-refractivity contribution in [3.05, 3.63) is 153 Å². The molecular weight excluding hydrogens is 1090 g/mol. The van der Waals surface area contributed by atoms with Gasteiger partial charge in [0, 0.05) is 61.9 Å². The van der Waals surface area contributed by atoms with Gasteiger partial charge >= 0.3 is 17.1 Å². The summed E-state index contributed by atoms with van der Waals surface area (Å²) in [7, 11) is 9.11. The Hall–Kier alpha value is -9.21. The van der Waals surface area contributed by atoms with Gasteiger partial charge in [0.2, 0.25) is 0 Å². The van der Waals surface area contributed by atoms with E-state index in [-0.39, 0.29) is 51.2 Å². The largest absolute Gasteiger partial charge is 0.504 e. The molecule has 0 bridgehead atoms. The van der Waals surface area contributed by atoms with Crippen LogP contribution in [0.2, 0.25) is 0 Å². The van der Waals surface area contributed by atoms with E-state index in [1.807, 2.05) is 0 Å². The molecule has 0 amide bonds. The second-order valence-corrected chi connectivity index (χ2v) is 20.8. The van der Waals surface area contributed by atoms with Gasteiger partial charge in [-0.1, -0.05) is 56.7 Å². The molecule has 3 aromatic carbocycles. The second-order valence-electron chi connectivity index (χ2n) is 20.8. The lowest BCUT2D eigenvalue weighted by Gasteiger charge is -2.12. The molecule has 0 fully saturated rings. The van der Waals surface area contributed by atoms with E-state index in [1.54, 1.807) is 72.0 Å². The Balaban J connectivity index is 0.000000181. The number of benzene rings is 3. The summed E-state index contributed by atoms with van der Waals surface area (Å²) in [5.41, 5.74) is 1.70. The van der Waals surface area contributed by atoms with Crippen molar-refractivity contribution >= 4 is 33.5 Å². The summed E-state index contributed by atoms with van der Waals surface area (Å²) in [6, 6.07) is 12.9. The van der Waals surface area contributed by atoms with Crippen molar-refractivity contribution in [3.63, 3.8) is 0 Å². The van der Waals surface area contributed by atoms with Crippen LogP contribution in [-0.4, -0.2) is 102 Å². The van der Waals surface area contributed by atoms with E-state index < -0.39 is 35.4 Å². The highest BCUT2D eigenvalue weighted by atomic mass is 16.3. The third-order valence-electron chi connectivity index (χ3n) is 14.9. The van der Waals surface area contributed by atoms with Gasteiger partial charge in [-0.05, 0) is 91.6 Å². The number of rotatable bonds is 21. The molecule has 9 rings (SSSR count). The minimum Gasteiger partial charge on any atom is -0.504 e. The molecule has 1 unspecified atom stereocenters. The maximum Gasteiger partial charge on any atom is 0.332 e. The zero-order valence-corrected chi connectivity index (χ0v) is 47.6. The lowest BCUT2D eigenvalue weighted by atomic mass is 10.0. The van der Waals surface area contributed by atoms with Crippen molar-refractivity contribution in [1.29, 1.82) is 0 Å². The van der Waals surface area contributed by atoms with Crippen LogP contribution in [0.15, 0.2) is 102 Å². The number of phenolic OH excluding ortho intramolecular Hbond substituents is 6. The number of nitrogens with zero attached hydrogens (tertiary/aromatic N) is 12. The maximum atomic E-state index is 12.4. The molecule has 9 N–H and O–H groups in total. The summed E-state index contributed by atoms with van der Waals surface area (Å²) in [6.07, 6.45) is 11.2. The summed E-state index contributed by atoms with van der Waals surface area (Å²) in [5, 5.41) is 87.1. The third-order valence-corrected chi connectivity index (χ3v) is 14.9. The fraction of sp³-hybridized carbons (Fsp3) is 0.421. The van der Waals surface area contributed by atoms with Crippen LogP contribution in [-0.2, 0) is 61.9 Å². The summed E-state index contributed by atoms with van der Waals surface area (Å²) < 4.78 is 12.6. The molecule has 0 aliphatic rings. The van der Waals surface area contributed by atoms with Gasteiger partial charge in [0.05, 0.1) is 37.3 Å². The number of fused-ring (bicyclic) bond motifs is 3. The number of hydrogen-bond donors (Lipinski definition) is 9. The number of aromatic hydroxyl groups is 6. The standard InChI is InChI=1S/3C19H24N4O5/c3*1-21-17-16(18(27)22(2)19(21)28)23(11-20-17)9-5-3-4-6-13(24)12-7-8-14(25)15(26)10-12/h3*7-8,10-11,13,24-26H,3-6,9H2,1-2H3/t2*13-;/m10./s1. The molecule has 450 valence electrons. The monoisotopic (exact) mass is 1160 g/mol. The van der Waals surface area contributed by atoms with E-state index in [9.17, 15) is 74.7 Å². The second kappa shape index (κ2) is 27.2. The summed E-state index contributed by atoms with van der Waals surface area (Å²) in [4.78, 5) is 85.6. The molecule has 9 aromatic rings. The van der Waals surface area contributed by atoms with Crippen LogP contribution >= 0.6 is 0 Å². The molecular formula is C57H72N12O15. The lowest BCUT2D eigenvalue weighted by molar-refractivity contribution is 0.162. The molecule has 0 aliphatic heterocycles. The van der Waals surface area contributed by atoms with E-state index in [0.717, 1.165) is 71.5 Å². The van der Waals surface area contributed by atoms with Gasteiger partial charge in [0.15, 0.2) is 68.0 Å². The van der Waals surface area contributed by atoms with Crippen LogP contribution in [0.5, 0.6) is 34.5 Å². The number of unbranched alkanes of at least 4 members (excludes halogenated alkanes) is 6. The van der Waals surface area contributed by atoms with Gasteiger partial charge in [0.1, 0.15) is 0 Å².